The minimum absolute atomic E-state index is 0.0469. The lowest BCUT2D eigenvalue weighted by Gasteiger charge is -2.12. The van der Waals surface area contributed by atoms with Crippen molar-refractivity contribution >= 4 is 22.6 Å². The van der Waals surface area contributed by atoms with Gasteiger partial charge in [-0.05, 0) is 35.6 Å². The summed E-state index contributed by atoms with van der Waals surface area (Å²) in [6.45, 7) is 1.56. The fourth-order valence-corrected chi connectivity index (χ4v) is 1.44. The lowest BCUT2D eigenvalue weighted by Crippen LogP contribution is -2.20. The van der Waals surface area contributed by atoms with E-state index in [1.54, 1.807) is 6.92 Å². The summed E-state index contributed by atoms with van der Waals surface area (Å²) in [6.07, 6.45) is -4.74. The number of pyridine rings is 1. The predicted octanol–water partition coefficient (Wildman–Crippen LogP) is 2.35. The summed E-state index contributed by atoms with van der Waals surface area (Å²) in [5, 5.41) is 0. The van der Waals surface area contributed by atoms with E-state index in [1.165, 1.54) is 6.07 Å². The maximum Gasteiger partial charge on any atom is 0.574 e. The summed E-state index contributed by atoms with van der Waals surface area (Å²) in [5.41, 5.74) is 6.01. The summed E-state index contributed by atoms with van der Waals surface area (Å²) in [6, 6.07) is 1.53. The Hall–Kier alpha value is -0.570. The fraction of sp³-hybridized carbons (Fsp3) is 0.375. The van der Waals surface area contributed by atoms with E-state index < -0.39 is 12.2 Å². The second-order valence-corrected chi connectivity index (χ2v) is 3.93. The zero-order valence-corrected chi connectivity index (χ0v) is 9.89. The minimum Gasteiger partial charge on any atom is -0.388 e. The van der Waals surface area contributed by atoms with E-state index in [4.69, 9.17) is 5.73 Å². The summed E-state index contributed by atoms with van der Waals surface area (Å²) in [7, 11) is 0. The van der Waals surface area contributed by atoms with Crippen LogP contribution in [-0.4, -0.2) is 11.3 Å². The van der Waals surface area contributed by atoms with Crippen LogP contribution in [0.25, 0.3) is 0 Å². The molecule has 0 aliphatic rings. The van der Waals surface area contributed by atoms with Crippen LogP contribution in [0.2, 0.25) is 0 Å². The van der Waals surface area contributed by atoms with Gasteiger partial charge < -0.3 is 10.5 Å². The normalized spacial score (nSPS) is 11.6. The molecule has 0 saturated carbocycles. The molecule has 0 spiro atoms. The smallest absolute Gasteiger partial charge is 0.388 e. The Labute approximate surface area is 98.0 Å². The first-order valence-corrected chi connectivity index (χ1v) is 5.03. The SMILES string of the molecule is Cc1nc(OC(F)(F)F)c(CN)cc1I. The third-order valence-corrected chi connectivity index (χ3v) is 2.71. The molecule has 2 N–H and O–H groups in total. The van der Waals surface area contributed by atoms with Gasteiger partial charge in [0.05, 0.1) is 5.69 Å². The van der Waals surface area contributed by atoms with E-state index in [-0.39, 0.29) is 12.1 Å². The second-order valence-electron chi connectivity index (χ2n) is 2.77. The Morgan fingerprint density at radius 1 is 1.53 bits per heavy atom. The molecule has 0 amide bonds. The fourth-order valence-electron chi connectivity index (χ4n) is 0.941. The molecule has 1 aromatic rings. The number of nitrogens with two attached hydrogens (primary N) is 1. The number of aromatic nitrogens is 1. The molecule has 7 heteroatoms. The molecule has 0 bridgehead atoms. The van der Waals surface area contributed by atoms with Gasteiger partial charge in [-0.1, -0.05) is 0 Å². The zero-order valence-electron chi connectivity index (χ0n) is 7.73. The number of hydrogen-bond acceptors (Lipinski definition) is 3. The summed E-state index contributed by atoms with van der Waals surface area (Å²) >= 11 is 1.97. The molecule has 0 fully saturated rings. The molecule has 15 heavy (non-hydrogen) atoms. The molecule has 1 aromatic heterocycles. The van der Waals surface area contributed by atoms with Crippen molar-refractivity contribution in [1.82, 2.24) is 4.98 Å². The van der Waals surface area contributed by atoms with Gasteiger partial charge in [0.15, 0.2) is 0 Å². The van der Waals surface area contributed by atoms with E-state index in [0.29, 0.717) is 5.69 Å². The summed E-state index contributed by atoms with van der Waals surface area (Å²) < 4.78 is 40.5. The van der Waals surface area contributed by atoms with Gasteiger partial charge in [-0.2, -0.15) is 0 Å². The summed E-state index contributed by atoms with van der Waals surface area (Å²) in [4.78, 5) is 3.70. The monoisotopic (exact) mass is 332 g/mol. The molecule has 0 unspecified atom stereocenters. The zero-order chi connectivity index (χ0) is 11.6. The number of alkyl halides is 3. The first-order valence-electron chi connectivity index (χ1n) is 3.95. The molecule has 0 aliphatic heterocycles. The molecule has 84 valence electrons. The molecule has 0 atom stereocenters. The Balaban J connectivity index is 3.11. The van der Waals surface area contributed by atoms with Crippen molar-refractivity contribution in [2.45, 2.75) is 19.8 Å². The second kappa shape index (κ2) is 4.52. The first kappa shape index (κ1) is 12.5. The molecule has 0 aliphatic carbocycles. The Morgan fingerprint density at radius 2 is 2.13 bits per heavy atom. The van der Waals surface area contributed by atoms with Crippen LogP contribution in [-0.2, 0) is 6.54 Å². The average Bonchev–Trinajstić information content (AvgIpc) is 2.08. The van der Waals surface area contributed by atoms with Crippen LogP contribution in [0.1, 0.15) is 11.3 Å². The lowest BCUT2D eigenvalue weighted by molar-refractivity contribution is -0.276. The van der Waals surface area contributed by atoms with Gasteiger partial charge in [-0.15, -0.1) is 13.2 Å². The van der Waals surface area contributed by atoms with Gasteiger partial charge in [0.25, 0.3) is 0 Å². The first-order chi connectivity index (χ1) is 6.83. The van der Waals surface area contributed by atoms with Gasteiger partial charge in [0, 0.05) is 15.7 Å². The van der Waals surface area contributed by atoms with E-state index >= 15 is 0 Å². The third-order valence-electron chi connectivity index (χ3n) is 1.62. The molecule has 0 saturated heterocycles. The van der Waals surface area contributed by atoms with E-state index in [0.717, 1.165) is 3.57 Å². The van der Waals surface area contributed by atoms with Crippen molar-refractivity contribution in [3.8, 4) is 5.88 Å². The van der Waals surface area contributed by atoms with Crippen LogP contribution < -0.4 is 10.5 Å². The largest absolute Gasteiger partial charge is 0.574 e. The highest BCUT2D eigenvalue weighted by Crippen LogP contribution is 2.26. The van der Waals surface area contributed by atoms with Crippen LogP contribution in [0.5, 0.6) is 5.88 Å². The van der Waals surface area contributed by atoms with Gasteiger partial charge in [-0.3, -0.25) is 0 Å². The number of ether oxygens (including phenoxy) is 1. The maximum absolute atomic E-state index is 12.0. The van der Waals surface area contributed by atoms with Crippen molar-refractivity contribution in [2.24, 2.45) is 5.73 Å². The highest BCUT2D eigenvalue weighted by Gasteiger charge is 2.33. The van der Waals surface area contributed by atoms with E-state index in [2.05, 4.69) is 9.72 Å². The van der Waals surface area contributed by atoms with Gasteiger partial charge in [-0.25, -0.2) is 4.98 Å². The molecular formula is C8H8F3IN2O. The Morgan fingerprint density at radius 3 is 2.60 bits per heavy atom. The topological polar surface area (TPSA) is 48.1 Å². The highest BCUT2D eigenvalue weighted by atomic mass is 127. The van der Waals surface area contributed by atoms with Crippen molar-refractivity contribution in [3.63, 3.8) is 0 Å². The van der Waals surface area contributed by atoms with E-state index in [9.17, 15) is 13.2 Å². The van der Waals surface area contributed by atoms with Crippen molar-refractivity contribution in [2.75, 3.05) is 0 Å². The summed E-state index contributed by atoms with van der Waals surface area (Å²) in [5.74, 6) is -0.470. The minimum atomic E-state index is -4.74. The number of aryl methyl sites for hydroxylation is 1. The van der Waals surface area contributed by atoms with Crippen molar-refractivity contribution < 1.29 is 17.9 Å². The van der Waals surface area contributed by atoms with Gasteiger partial charge in [0.2, 0.25) is 5.88 Å². The number of hydrogen-bond donors (Lipinski definition) is 1. The van der Waals surface area contributed by atoms with Crippen LogP contribution in [0, 0.1) is 10.5 Å². The number of nitrogens with zero attached hydrogens (tertiary/aromatic N) is 1. The molecule has 3 nitrogen and oxygen atoms in total. The quantitative estimate of drug-likeness (QED) is 0.846. The van der Waals surface area contributed by atoms with Crippen molar-refractivity contribution in [1.29, 1.82) is 0 Å². The maximum atomic E-state index is 12.0. The number of halogens is 4. The van der Waals surface area contributed by atoms with E-state index in [1.807, 2.05) is 22.6 Å². The third kappa shape index (κ3) is 3.49. The molecular weight excluding hydrogens is 324 g/mol. The predicted molar refractivity (Wildman–Crippen MR) is 56.3 cm³/mol. The molecule has 0 aromatic carbocycles. The van der Waals surface area contributed by atoms with Crippen LogP contribution in [0.15, 0.2) is 6.07 Å². The highest BCUT2D eigenvalue weighted by molar-refractivity contribution is 14.1. The molecule has 0 radical (unpaired) electrons. The lowest BCUT2D eigenvalue weighted by atomic mass is 10.2. The van der Waals surface area contributed by atoms with Gasteiger partial charge >= 0.3 is 6.36 Å². The van der Waals surface area contributed by atoms with Crippen LogP contribution in [0.4, 0.5) is 13.2 Å². The van der Waals surface area contributed by atoms with Crippen LogP contribution in [0.3, 0.4) is 0 Å². The number of rotatable bonds is 2. The van der Waals surface area contributed by atoms with Crippen molar-refractivity contribution in [3.05, 3.63) is 20.9 Å². The Bertz CT molecular complexity index is 368. The standard InChI is InChI=1S/C8H8F3IN2O/c1-4-6(12)2-5(3-13)7(14-4)15-8(9,10)11/h2H,3,13H2,1H3. The Kier molecular flexibility index (Phi) is 3.77. The van der Waals surface area contributed by atoms with Crippen LogP contribution >= 0.6 is 22.6 Å². The molecule has 1 rings (SSSR count). The molecule has 1 heterocycles. The van der Waals surface area contributed by atoms with Gasteiger partial charge in [0.1, 0.15) is 0 Å². The average molecular weight is 332 g/mol.